The molecule has 150 valence electrons. The van der Waals surface area contributed by atoms with E-state index in [9.17, 15) is 0 Å². The quantitative estimate of drug-likeness (QED) is 0.337. The van der Waals surface area contributed by atoms with Crippen LogP contribution in [0.5, 0.6) is 0 Å². The van der Waals surface area contributed by atoms with E-state index in [-0.39, 0.29) is 35.5 Å². The summed E-state index contributed by atoms with van der Waals surface area (Å²) in [5.41, 5.74) is 1.25. The van der Waals surface area contributed by atoms with Crippen LogP contribution in [-0.2, 0) is 16.7 Å². The molecule has 0 saturated carbocycles. The third-order valence-corrected chi connectivity index (χ3v) is 4.15. The van der Waals surface area contributed by atoms with Crippen LogP contribution < -0.4 is 10.6 Å². The molecule has 1 atom stereocenters. The first-order valence-corrected chi connectivity index (χ1v) is 8.90. The van der Waals surface area contributed by atoms with Crippen molar-refractivity contribution >= 4 is 29.9 Å². The van der Waals surface area contributed by atoms with E-state index in [0.717, 1.165) is 6.54 Å². The Morgan fingerprint density at radius 2 is 1.96 bits per heavy atom. The molecule has 2 aromatic rings. The van der Waals surface area contributed by atoms with Crippen LogP contribution in [0.2, 0.25) is 0 Å². The first-order chi connectivity index (χ1) is 12.5. The first kappa shape index (κ1) is 23.4. The highest BCUT2D eigenvalue weighted by molar-refractivity contribution is 14.0. The van der Waals surface area contributed by atoms with Crippen molar-refractivity contribution in [3.8, 4) is 0 Å². The molecule has 0 fully saturated rings. The van der Waals surface area contributed by atoms with E-state index >= 15 is 0 Å². The Bertz CT molecular complexity index is 703. The van der Waals surface area contributed by atoms with Crippen LogP contribution in [0.1, 0.15) is 51.1 Å². The number of benzene rings is 1. The number of hydrogen-bond donors (Lipinski definition) is 2. The van der Waals surface area contributed by atoms with Gasteiger partial charge in [0.2, 0.25) is 5.89 Å². The summed E-state index contributed by atoms with van der Waals surface area (Å²) < 4.78 is 10.7. The second-order valence-electron chi connectivity index (χ2n) is 6.67. The van der Waals surface area contributed by atoms with Gasteiger partial charge >= 0.3 is 0 Å². The number of rotatable bonds is 8. The second kappa shape index (κ2) is 11.2. The van der Waals surface area contributed by atoms with Crippen molar-refractivity contribution in [2.45, 2.75) is 45.8 Å². The molecule has 0 aliphatic rings. The predicted molar refractivity (Wildman–Crippen MR) is 117 cm³/mol. The molecule has 0 saturated heterocycles. The van der Waals surface area contributed by atoms with E-state index in [1.54, 1.807) is 7.05 Å². The van der Waals surface area contributed by atoms with Gasteiger partial charge in [0.1, 0.15) is 6.10 Å². The zero-order valence-electron chi connectivity index (χ0n) is 16.7. The Morgan fingerprint density at radius 3 is 2.59 bits per heavy atom. The fraction of sp³-hybridized carbons (Fsp3) is 0.526. The molecule has 0 aliphatic heterocycles. The van der Waals surface area contributed by atoms with Crippen molar-refractivity contribution in [2.75, 3.05) is 20.2 Å². The number of nitrogens with zero attached hydrogens (tertiary/aromatic N) is 3. The molecular weight excluding hydrogens is 457 g/mol. The maximum absolute atomic E-state index is 5.46. The number of guanidine groups is 1. The number of aliphatic imine (C=N–C) groups is 1. The van der Waals surface area contributed by atoms with Crippen molar-refractivity contribution in [3.63, 3.8) is 0 Å². The van der Waals surface area contributed by atoms with E-state index in [0.29, 0.717) is 30.8 Å². The van der Waals surface area contributed by atoms with Crippen molar-refractivity contribution in [3.05, 3.63) is 47.6 Å². The summed E-state index contributed by atoms with van der Waals surface area (Å²) in [5, 5.41) is 10.5. The molecule has 0 bridgehead atoms. The van der Waals surface area contributed by atoms with E-state index in [1.807, 2.05) is 19.9 Å². The molecule has 7 nitrogen and oxygen atoms in total. The summed E-state index contributed by atoms with van der Waals surface area (Å²) in [7, 11) is 1.74. The van der Waals surface area contributed by atoms with Gasteiger partial charge in [0.25, 0.3) is 0 Å². The minimum absolute atomic E-state index is 0. The SMILES string of the molecule is CCOC(C)c1noc(CNC(=NC)NCC(C)(C)c2ccccc2)n1.I. The van der Waals surface area contributed by atoms with Crippen LogP contribution in [0.15, 0.2) is 39.8 Å². The van der Waals surface area contributed by atoms with Crippen LogP contribution in [0.25, 0.3) is 0 Å². The minimum Gasteiger partial charge on any atom is -0.371 e. The van der Waals surface area contributed by atoms with Gasteiger partial charge in [-0.05, 0) is 19.4 Å². The van der Waals surface area contributed by atoms with Crippen molar-refractivity contribution in [1.82, 2.24) is 20.8 Å². The lowest BCUT2D eigenvalue weighted by Crippen LogP contribution is -2.43. The lowest BCUT2D eigenvalue weighted by molar-refractivity contribution is 0.0683. The zero-order valence-corrected chi connectivity index (χ0v) is 19.0. The van der Waals surface area contributed by atoms with Gasteiger partial charge in [-0.25, -0.2) is 0 Å². The summed E-state index contributed by atoms with van der Waals surface area (Å²) in [4.78, 5) is 8.59. The van der Waals surface area contributed by atoms with Crippen LogP contribution in [0.4, 0.5) is 0 Å². The highest BCUT2D eigenvalue weighted by Crippen LogP contribution is 2.21. The molecule has 0 radical (unpaired) electrons. The van der Waals surface area contributed by atoms with Gasteiger partial charge in [0.05, 0.1) is 6.54 Å². The largest absolute Gasteiger partial charge is 0.371 e. The monoisotopic (exact) mass is 487 g/mol. The Morgan fingerprint density at radius 1 is 1.26 bits per heavy atom. The molecule has 0 spiro atoms. The second-order valence-corrected chi connectivity index (χ2v) is 6.67. The molecular formula is C19H30IN5O2. The van der Waals surface area contributed by atoms with Crippen molar-refractivity contribution in [1.29, 1.82) is 0 Å². The highest BCUT2D eigenvalue weighted by Gasteiger charge is 2.20. The van der Waals surface area contributed by atoms with Crippen LogP contribution in [0.3, 0.4) is 0 Å². The van der Waals surface area contributed by atoms with E-state index in [2.05, 4.69) is 63.9 Å². The Hall–Kier alpha value is -1.68. The maximum atomic E-state index is 5.46. The number of ether oxygens (including phenoxy) is 1. The zero-order chi connectivity index (χ0) is 19.0. The number of hydrogen-bond acceptors (Lipinski definition) is 5. The van der Waals surface area contributed by atoms with Crippen LogP contribution in [0, 0.1) is 0 Å². The van der Waals surface area contributed by atoms with E-state index in [1.165, 1.54) is 5.56 Å². The molecule has 1 heterocycles. The van der Waals surface area contributed by atoms with Crippen LogP contribution in [-0.4, -0.2) is 36.3 Å². The normalized spacial score (nSPS) is 13.0. The standard InChI is InChI=1S/C19H29N5O2.HI/c1-6-25-14(2)17-23-16(26-24-17)12-21-18(20-5)22-13-19(3,4)15-10-8-7-9-11-15;/h7-11,14H,6,12-13H2,1-5H3,(H2,20,21,22);1H. The van der Waals surface area contributed by atoms with Gasteiger partial charge in [0, 0.05) is 25.6 Å². The molecule has 0 amide bonds. The average molecular weight is 487 g/mol. The Labute approximate surface area is 178 Å². The molecule has 1 unspecified atom stereocenters. The molecule has 1 aromatic carbocycles. The molecule has 1 aromatic heterocycles. The summed E-state index contributed by atoms with van der Waals surface area (Å²) in [6.45, 7) is 9.98. The first-order valence-electron chi connectivity index (χ1n) is 8.90. The fourth-order valence-electron chi connectivity index (χ4n) is 2.51. The van der Waals surface area contributed by atoms with Gasteiger partial charge in [-0.1, -0.05) is 49.3 Å². The Kier molecular flexibility index (Phi) is 9.71. The molecule has 0 aliphatic carbocycles. The summed E-state index contributed by atoms with van der Waals surface area (Å²) in [6.07, 6.45) is -0.179. The fourth-order valence-corrected chi connectivity index (χ4v) is 2.51. The predicted octanol–water partition coefficient (Wildman–Crippen LogP) is 3.43. The van der Waals surface area contributed by atoms with Gasteiger partial charge in [-0.2, -0.15) is 4.98 Å². The van der Waals surface area contributed by atoms with E-state index in [4.69, 9.17) is 9.26 Å². The van der Waals surface area contributed by atoms with Gasteiger partial charge in [-0.15, -0.1) is 24.0 Å². The number of aromatic nitrogens is 2. The van der Waals surface area contributed by atoms with Crippen molar-refractivity contribution < 1.29 is 9.26 Å². The topological polar surface area (TPSA) is 84.6 Å². The van der Waals surface area contributed by atoms with Crippen LogP contribution >= 0.6 is 24.0 Å². The molecule has 27 heavy (non-hydrogen) atoms. The summed E-state index contributed by atoms with van der Waals surface area (Å²) in [6, 6.07) is 10.4. The number of halogens is 1. The lowest BCUT2D eigenvalue weighted by atomic mass is 9.85. The van der Waals surface area contributed by atoms with Gasteiger partial charge in [-0.3, -0.25) is 4.99 Å². The average Bonchev–Trinajstić information content (AvgIpc) is 3.12. The lowest BCUT2D eigenvalue weighted by Gasteiger charge is -2.26. The molecule has 2 N–H and O–H groups in total. The third-order valence-electron chi connectivity index (χ3n) is 4.15. The van der Waals surface area contributed by atoms with Gasteiger partial charge in [0.15, 0.2) is 11.8 Å². The third kappa shape index (κ3) is 7.10. The molecule has 8 heteroatoms. The molecule has 2 rings (SSSR count). The highest BCUT2D eigenvalue weighted by atomic mass is 127. The maximum Gasteiger partial charge on any atom is 0.246 e. The summed E-state index contributed by atoms with van der Waals surface area (Å²) in [5.74, 6) is 1.74. The van der Waals surface area contributed by atoms with Crippen molar-refractivity contribution in [2.24, 2.45) is 4.99 Å². The summed E-state index contributed by atoms with van der Waals surface area (Å²) >= 11 is 0. The van der Waals surface area contributed by atoms with Gasteiger partial charge < -0.3 is 19.9 Å². The Balaban J connectivity index is 0.00000364. The van der Waals surface area contributed by atoms with E-state index < -0.39 is 0 Å². The minimum atomic E-state index is -0.179. The smallest absolute Gasteiger partial charge is 0.246 e. The number of nitrogens with one attached hydrogen (secondary N) is 2.